The summed E-state index contributed by atoms with van der Waals surface area (Å²) in [6.45, 7) is 1.11. The molecule has 130 valence electrons. The van der Waals surface area contributed by atoms with Gasteiger partial charge >= 0.3 is 12.0 Å². The first-order valence-electron chi connectivity index (χ1n) is 7.98. The minimum absolute atomic E-state index is 0.0772. The lowest BCUT2D eigenvalue weighted by Gasteiger charge is -2.27. The van der Waals surface area contributed by atoms with E-state index in [1.807, 2.05) is 0 Å². The number of likely N-dealkylation sites (tertiary alicyclic amines) is 2. The molecule has 2 amide bonds. The number of aliphatic carboxylic acids is 1. The van der Waals surface area contributed by atoms with Crippen molar-refractivity contribution in [1.82, 2.24) is 9.80 Å². The molecule has 2 fully saturated rings. The summed E-state index contributed by atoms with van der Waals surface area (Å²) in [6, 6.07) is 6.50. The smallest absolute Gasteiger partial charge is 0.326 e. The van der Waals surface area contributed by atoms with Gasteiger partial charge in [-0.05, 0) is 31.4 Å². The summed E-state index contributed by atoms with van der Waals surface area (Å²) < 4.78 is 25.5. The topological polar surface area (TPSA) is 95.0 Å². The van der Waals surface area contributed by atoms with E-state index < -0.39 is 27.1 Å². The van der Waals surface area contributed by atoms with Gasteiger partial charge in [-0.3, -0.25) is 0 Å². The number of benzene rings is 1. The average Bonchev–Trinajstić information content (AvgIpc) is 3.25. The second kappa shape index (κ2) is 6.43. The summed E-state index contributed by atoms with van der Waals surface area (Å²) in [7, 11) is -3.67. The average molecular weight is 352 g/mol. The lowest BCUT2D eigenvalue weighted by atomic mass is 10.2. The Hall–Kier alpha value is -2.09. The zero-order valence-electron chi connectivity index (χ0n) is 13.2. The van der Waals surface area contributed by atoms with Crippen LogP contribution >= 0.6 is 0 Å². The number of hydrogen-bond acceptors (Lipinski definition) is 4. The minimum Gasteiger partial charge on any atom is -0.480 e. The van der Waals surface area contributed by atoms with Crippen LogP contribution in [0.1, 0.15) is 19.3 Å². The molecule has 8 heteroatoms. The molecule has 0 spiro atoms. The first-order valence-corrected chi connectivity index (χ1v) is 9.53. The third kappa shape index (κ3) is 2.98. The van der Waals surface area contributed by atoms with Crippen molar-refractivity contribution < 1.29 is 23.1 Å². The third-order valence-electron chi connectivity index (χ3n) is 4.68. The van der Waals surface area contributed by atoms with Crippen LogP contribution < -0.4 is 0 Å². The standard InChI is InChI=1S/C16H20N2O5S/c19-15(20)14-10-13(24(22,23)12-6-2-1-3-7-12)11-18(14)16(21)17-8-4-5-9-17/h1-3,6-7,13-14H,4-5,8-11H2,(H,19,20)/t13-,14+/m1/s1. The van der Waals surface area contributed by atoms with Crippen molar-refractivity contribution in [3.8, 4) is 0 Å². The van der Waals surface area contributed by atoms with E-state index in [0.29, 0.717) is 13.1 Å². The highest BCUT2D eigenvalue weighted by Crippen LogP contribution is 2.29. The van der Waals surface area contributed by atoms with Gasteiger partial charge in [0.2, 0.25) is 0 Å². The Kier molecular flexibility index (Phi) is 4.49. The molecule has 1 aromatic carbocycles. The van der Waals surface area contributed by atoms with E-state index in [2.05, 4.69) is 0 Å². The first-order chi connectivity index (χ1) is 11.4. The molecule has 2 saturated heterocycles. The van der Waals surface area contributed by atoms with E-state index in [1.165, 1.54) is 17.0 Å². The number of carboxylic acid groups (broad SMARTS) is 1. The number of urea groups is 1. The zero-order chi connectivity index (χ0) is 17.3. The molecule has 0 aliphatic carbocycles. The molecule has 0 bridgehead atoms. The lowest BCUT2D eigenvalue weighted by Crippen LogP contribution is -2.47. The number of amides is 2. The largest absolute Gasteiger partial charge is 0.480 e. The fourth-order valence-electron chi connectivity index (χ4n) is 3.36. The number of nitrogens with zero attached hydrogens (tertiary/aromatic N) is 2. The molecule has 2 heterocycles. The van der Waals surface area contributed by atoms with E-state index in [9.17, 15) is 23.1 Å². The van der Waals surface area contributed by atoms with Gasteiger partial charge in [-0.15, -0.1) is 0 Å². The molecule has 1 aromatic rings. The highest BCUT2D eigenvalue weighted by atomic mass is 32.2. The molecule has 1 N–H and O–H groups in total. The van der Waals surface area contributed by atoms with E-state index in [0.717, 1.165) is 12.8 Å². The molecule has 0 unspecified atom stereocenters. The number of hydrogen-bond donors (Lipinski definition) is 1. The predicted molar refractivity (Wildman–Crippen MR) is 86.4 cm³/mol. The second-order valence-corrected chi connectivity index (χ2v) is 8.43. The molecule has 2 aliphatic rings. The number of rotatable bonds is 3. The van der Waals surface area contributed by atoms with Gasteiger partial charge in [0.15, 0.2) is 9.84 Å². The van der Waals surface area contributed by atoms with E-state index in [1.54, 1.807) is 23.1 Å². The van der Waals surface area contributed by atoms with Crippen molar-refractivity contribution in [2.75, 3.05) is 19.6 Å². The van der Waals surface area contributed by atoms with Crippen molar-refractivity contribution in [1.29, 1.82) is 0 Å². The van der Waals surface area contributed by atoms with E-state index in [4.69, 9.17) is 0 Å². The van der Waals surface area contributed by atoms with Gasteiger partial charge in [-0.25, -0.2) is 18.0 Å². The van der Waals surface area contributed by atoms with E-state index in [-0.39, 0.29) is 23.9 Å². The molecular formula is C16H20N2O5S. The van der Waals surface area contributed by atoms with Crippen LogP contribution in [0.3, 0.4) is 0 Å². The van der Waals surface area contributed by atoms with Crippen molar-refractivity contribution in [3.05, 3.63) is 30.3 Å². The molecule has 24 heavy (non-hydrogen) atoms. The van der Waals surface area contributed by atoms with Crippen LogP contribution in [0, 0.1) is 0 Å². The molecule has 0 radical (unpaired) electrons. The SMILES string of the molecule is O=C(O)[C@@H]1C[C@@H](S(=O)(=O)c2ccccc2)CN1C(=O)N1CCCC1. The van der Waals surface area contributed by atoms with Gasteiger partial charge in [0, 0.05) is 19.6 Å². The first kappa shape index (κ1) is 16.8. The Labute approximate surface area is 140 Å². The molecular weight excluding hydrogens is 332 g/mol. The van der Waals surface area contributed by atoms with Crippen molar-refractivity contribution >= 4 is 21.8 Å². The monoisotopic (exact) mass is 352 g/mol. The molecule has 7 nitrogen and oxygen atoms in total. The molecule has 0 aromatic heterocycles. The third-order valence-corrected chi connectivity index (χ3v) is 6.83. The number of carbonyl (C=O) groups excluding carboxylic acids is 1. The van der Waals surface area contributed by atoms with Crippen LogP contribution in [0.15, 0.2) is 35.2 Å². The summed E-state index contributed by atoms with van der Waals surface area (Å²) in [5.74, 6) is -1.16. The fraction of sp³-hybridized carbons (Fsp3) is 0.500. The van der Waals surface area contributed by atoms with Crippen LogP contribution in [0.4, 0.5) is 4.79 Å². The van der Waals surface area contributed by atoms with Gasteiger partial charge in [-0.1, -0.05) is 18.2 Å². The quantitative estimate of drug-likeness (QED) is 0.882. The number of carboxylic acids is 1. The van der Waals surface area contributed by atoms with Crippen molar-refractivity contribution in [2.45, 2.75) is 35.4 Å². The Morgan fingerprint density at radius 3 is 2.29 bits per heavy atom. The van der Waals surface area contributed by atoms with Gasteiger partial charge in [0.25, 0.3) is 0 Å². The van der Waals surface area contributed by atoms with Crippen LogP contribution in [-0.2, 0) is 14.6 Å². The van der Waals surface area contributed by atoms with Gasteiger partial charge in [-0.2, -0.15) is 0 Å². The summed E-state index contributed by atoms with van der Waals surface area (Å²) >= 11 is 0. The van der Waals surface area contributed by atoms with Crippen LogP contribution in [-0.4, -0.2) is 66.3 Å². The van der Waals surface area contributed by atoms with Gasteiger partial charge in [0.05, 0.1) is 10.1 Å². The Balaban J connectivity index is 1.85. The van der Waals surface area contributed by atoms with Crippen LogP contribution in [0.25, 0.3) is 0 Å². The molecule has 2 aliphatic heterocycles. The molecule has 2 atom stereocenters. The highest BCUT2D eigenvalue weighted by Gasteiger charge is 2.46. The Morgan fingerprint density at radius 1 is 1.08 bits per heavy atom. The van der Waals surface area contributed by atoms with Crippen molar-refractivity contribution in [3.63, 3.8) is 0 Å². The fourth-order valence-corrected chi connectivity index (χ4v) is 5.07. The Morgan fingerprint density at radius 2 is 1.71 bits per heavy atom. The summed E-state index contributed by atoms with van der Waals surface area (Å²) in [5, 5.41) is 8.53. The summed E-state index contributed by atoms with van der Waals surface area (Å²) in [6.07, 6.45) is 1.71. The molecule has 0 saturated carbocycles. The van der Waals surface area contributed by atoms with E-state index >= 15 is 0 Å². The maximum atomic E-state index is 12.7. The van der Waals surface area contributed by atoms with Crippen LogP contribution in [0.5, 0.6) is 0 Å². The maximum absolute atomic E-state index is 12.7. The minimum atomic E-state index is -3.67. The summed E-state index contributed by atoms with van der Waals surface area (Å²) in [4.78, 5) is 27.1. The van der Waals surface area contributed by atoms with Gasteiger partial charge in [0.1, 0.15) is 6.04 Å². The Bertz CT molecular complexity index is 728. The molecule has 3 rings (SSSR count). The highest BCUT2D eigenvalue weighted by molar-refractivity contribution is 7.92. The van der Waals surface area contributed by atoms with Crippen molar-refractivity contribution in [2.24, 2.45) is 0 Å². The predicted octanol–water partition coefficient (Wildman–Crippen LogP) is 1.20. The van der Waals surface area contributed by atoms with Crippen LogP contribution in [0.2, 0.25) is 0 Å². The maximum Gasteiger partial charge on any atom is 0.326 e. The lowest BCUT2D eigenvalue weighted by molar-refractivity contribution is -0.141. The van der Waals surface area contributed by atoms with Gasteiger partial charge < -0.3 is 14.9 Å². The summed E-state index contributed by atoms with van der Waals surface area (Å²) in [5.41, 5.74) is 0. The second-order valence-electron chi connectivity index (χ2n) is 6.20. The number of carbonyl (C=O) groups is 2. The number of sulfone groups is 1. The normalized spacial score (nSPS) is 24.3. The zero-order valence-corrected chi connectivity index (χ0v) is 14.0.